The van der Waals surface area contributed by atoms with E-state index in [-0.39, 0.29) is 17.9 Å². The molecule has 0 aliphatic rings. The van der Waals surface area contributed by atoms with Gasteiger partial charge in [0, 0.05) is 16.0 Å². The van der Waals surface area contributed by atoms with Gasteiger partial charge in [0.15, 0.2) is 0 Å². The lowest BCUT2D eigenvalue weighted by Crippen LogP contribution is -2.22. The number of carbonyl (C=O) groups is 1. The van der Waals surface area contributed by atoms with E-state index in [1.165, 1.54) is 11.8 Å². The number of aromatic nitrogens is 1. The van der Waals surface area contributed by atoms with Crippen LogP contribution in [-0.4, -0.2) is 10.9 Å². The summed E-state index contributed by atoms with van der Waals surface area (Å²) in [7, 11) is 0. The van der Waals surface area contributed by atoms with Crippen molar-refractivity contribution in [1.29, 1.82) is 0 Å². The molecule has 2 aromatic carbocycles. The second kappa shape index (κ2) is 8.27. The van der Waals surface area contributed by atoms with Crippen molar-refractivity contribution in [3.05, 3.63) is 87.3 Å². The molecule has 1 amide bonds. The SMILES string of the molecule is Cc1cc(C)cc(Sc2c(C)c[nH]c(=O)c2NC(=O)Cc2ccccc2)c1. The summed E-state index contributed by atoms with van der Waals surface area (Å²) in [5.74, 6) is -0.209. The Labute approximate surface area is 163 Å². The molecule has 0 saturated heterocycles. The van der Waals surface area contributed by atoms with Gasteiger partial charge in [-0.1, -0.05) is 48.2 Å². The van der Waals surface area contributed by atoms with Gasteiger partial charge in [-0.3, -0.25) is 9.59 Å². The van der Waals surface area contributed by atoms with Gasteiger partial charge in [-0.15, -0.1) is 0 Å². The smallest absolute Gasteiger partial charge is 0.272 e. The first-order valence-electron chi connectivity index (χ1n) is 8.74. The number of pyridine rings is 1. The Bertz CT molecular complexity index is 1010. The molecule has 1 aromatic heterocycles. The number of amides is 1. The van der Waals surface area contributed by atoms with Crippen LogP contribution in [0.5, 0.6) is 0 Å². The third-order valence-electron chi connectivity index (χ3n) is 4.12. The summed E-state index contributed by atoms with van der Waals surface area (Å²) in [4.78, 5) is 29.4. The molecule has 3 aromatic rings. The van der Waals surface area contributed by atoms with Crippen LogP contribution in [0.4, 0.5) is 5.69 Å². The van der Waals surface area contributed by atoms with E-state index in [0.29, 0.717) is 5.69 Å². The van der Waals surface area contributed by atoms with E-state index in [9.17, 15) is 9.59 Å². The molecule has 2 N–H and O–H groups in total. The summed E-state index contributed by atoms with van der Waals surface area (Å²) < 4.78 is 0. The average Bonchev–Trinajstić information content (AvgIpc) is 2.61. The van der Waals surface area contributed by atoms with Gasteiger partial charge < -0.3 is 10.3 Å². The molecule has 0 aliphatic carbocycles. The highest BCUT2D eigenvalue weighted by Crippen LogP contribution is 2.35. The van der Waals surface area contributed by atoms with Crippen LogP contribution in [0.2, 0.25) is 0 Å². The third-order valence-corrected chi connectivity index (χ3v) is 5.32. The van der Waals surface area contributed by atoms with Gasteiger partial charge in [-0.05, 0) is 55.2 Å². The van der Waals surface area contributed by atoms with E-state index in [2.05, 4.69) is 28.5 Å². The van der Waals surface area contributed by atoms with Crippen molar-refractivity contribution in [2.24, 2.45) is 0 Å². The lowest BCUT2D eigenvalue weighted by atomic mass is 10.1. The van der Waals surface area contributed by atoms with Crippen molar-refractivity contribution in [3.63, 3.8) is 0 Å². The second-order valence-electron chi connectivity index (χ2n) is 6.64. The molecule has 0 saturated carbocycles. The number of aryl methyl sites for hydroxylation is 3. The standard InChI is InChI=1S/C22H22N2O2S/c1-14-9-15(2)11-18(10-14)27-21-16(3)13-23-22(26)20(21)24-19(25)12-17-7-5-4-6-8-17/h4-11,13H,12H2,1-3H3,(H,23,26)(H,24,25). The predicted molar refractivity (Wildman–Crippen MR) is 111 cm³/mol. The minimum atomic E-state index is -0.297. The van der Waals surface area contributed by atoms with Crippen LogP contribution in [0.25, 0.3) is 0 Å². The van der Waals surface area contributed by atoms with E-state index >= 15 is 0 Å². The normalized spacial score (nSPS) is 10.6. The van der Waals surface area contributed by atoms with Crippen LogP contribution in [0.3, 0.4) is 0 Å². The molecule has 0 radical (unpaired) electrons. The summed E-state index contributed by atoms with van der Waals surface area (Å²) in [5, 5.41) is 2.81. The topological polar surface area (TPSA) is 62.0 Å². The fourth-order valence-corrected chi connectivity index (χ4v) is 4.12. The van der Waals surface area contributed by atoms with E-state index in [0.717, 1.165) is 32.0 Å². The molecule has 0 bridgehead atoms. The van der Waals surface area contributed by atoms with Gasteiger partial charge in [0.05, 0.1) is 6.42 Å². The van der Waals surface area contributed by atoms with Crippen molar-refractivity contribution in [3.8, 4) is 0 Å². The lowest BCUT2D eigenvalue weighted by Gasteiger charge is -2.13. The molecule has 1 heterocycles. The summed E-state index contributed by atoms with van der Waals surface area (Å²) in [5.41, 5.74) is 4.15. The Morgan fingerprint density at radius 2 is 1.70 bits per heavy atom. The number of rotatable bonds is 5. The zero-order chi connectivity index (χ0) is 19.4. The highest BCUT2D eigenvalue weighted by atomic mass is 32.2. The van der Waals surface area contributed by atoms with E-state index in [1.807, 2.05) is 51.1 Å². The maximum absolute atomic E-state index is 12.5. The number of hydrogen-bond acceptors (Lipinski definition) is 3. The zero-order valence-corrected chi connectivity index (χ0v) is 16.4. The van der Waals surface area contributed by atoms with Gasteiger partial charge in [0.2, 0.25) is 5.91 Å². The van der Waals surface area contributed by atoms with Gasteiger partial charge >= 0.3 is 0 Å². The number of nitrogens with one attached hydrogen (secondary N) is 2. The fourth-order valence-electron chi connectivity index (χ4n) is 2.93. The molecule has 5 heteroatoms. The minimum absolute atomic E-state index is 0.209. The van der Waals surface area contributed by atoms with Gasteiger partial charge in [-0.25, -0.2) is 0 Å². The molecule has 138 valence electrons. The molecular weight excluding hydrogens is 356 g/mol. The summed E-state index contributed by atoms with van der Waals surface area (Å²) in [6, 6.07) is 15.7. The second-order valence-corrected chi connectivity index (χ2v) is 7.72. The highest BCUT2D eigenvalue weighted by molar-refractivity contribution is 7.99. The first-order chi connectivity index (χ1) is 12.9. The molecule has 0 fully saturated rings. The first-order valence-corrected chi connectivity index (χ1v) is 9.56. The van der Waals surface area contributed by atoms with Crippen molar-refractivity contribution in [2.75, 3.05) is 5.32 Å². The average molecular weight is 378 g/mol. The van der Waals surface area contributed by atoms with Gasteiger partial charge in [0.25, 0.3) is 5.56 Å². The van der Waals surface area contributed by atoms with Crippen LogP contribution >= 0.6 is 11.8 Å². The maximum atomic E-state index is 12.5. The van der Waals surface area contributed by atoms with Crippen LogP contribution in [0.15, 0.2) is 69.3 Å². The number of carbonyl (C=O) groups excluding carboxylic acids is 1. The zero-order valence-electron chi connectivity index (χ0n) is 15.6. The molecule has 3 rings (SSSR count). The lowest BCUT2D eigenvalue weighted by molar-refractivity contribution is -0.115. The fraction of sp³-hybridized carbons (Fsp3) is 0.182. The third kappa shape index (κ3) is 4.89. The Morgan fingerprint density at radius 3 is 2.37 bits per heavy atom. The van der Waals surface area contributed by atoms with Crippen molar-refractivity contribution >= 4 is 23.4 Å². The number of H-pyrrole nitrogens is 1. The van der Waals surface area contributed by atoms with E-state index in [1.54, 1.807) is 6.20 Å². The van der Waals surface area contributed by atoms with Crippen LogP contribution < -0.4 is 10.9 Å². The summed E-state index contributed by atoms with van der Waals surface area (Å²) in [6.45, 7) is 6.02. The van der Waals surface area contributed by atoms with Gasteiger partial charge in [-0.2, -0.15) is 0 Å². The first kappa shape index (κ1) is 19.0. The Morgan fingerprint density at radius 1 is 1.04 bits per heavy atom. The Balaban J connectivity index is 1.89. The van der Waals surface area contributed by atoms with E-state index in [4.69, 9.17) is 0 Å². The van der Waals surface area contributed by atoms with Crippen LogP contribution in [0, 0.1) is 20.8 Å². The number of anilines is 1. The molecule has 4 nitrogen and oxygen atoms in total. The van der Waals surface area contributed by atoms with Crippen LogP contribution in [0.1, 0.15) is 22.3 Å². The minimum Gasteiger partial charge on any atom is -0.327 e. The molecule has 0 unspecified atom stereocenters. The molecule has 0 aliphatic heterocycles. The predicted octanol–water partition coefficient (Wildman–Crippen LogP) is 4.63. The van der Waals surface area contributed by atoms with Crippen LogP contribution in [-0.2, 0) is 11.2 Å². The van der Waals surface area contributed by atoms with Crippen molar-refractivity contribution < 1.29 is 4.79 Å². The quantitative estimate of drug-likeness (QED) is 0.680. The molecule has 27 heavy (non-hydrogen) atoms. The van der Waals surface area contributed by atoms with E-state index < -0.39 is 0 Å². The highest BCUT2D eigenvalue weighted by Gasteiger charge is 2.15. The summed E-state index contributed by atoms with van der Waals surface area (Å²) >= 11 is 1.50. The molecule has 0 atom stereocenters. The summed E-state index contributed by atoms with van der Waals surface area (Å²) in [6.07, 6.45) is 1.90. The van der Waals surface area contributed by atoms with Crippen molar-refractivity contribution in [1.82, 2.24) is 4.98 Å². The Kier molecular flexibility index (Phi) is 5.81. The number of benzene rings is 2. The molecule has 0 spiro atoms. The Hall–Kier alpha value is -2.79. The number of hydrogen-bond donors (Lipinski definition) is 2. The monoisotopic (exact) mass is 378 g/mol. The van der Waals surface area contributed by atoms with Crippen molar-refractivity contribution in [2.45, 2.75) is 37.0 Å². The maximum Gasteiger partial charge on any atom is 0.272 e. The van der Waals surface area contributed by atoms with Gasteiger partial charge in [0.1, 0.15) is 5.69 Å². The molecular formula is C22H22N2O2S. The largest absolute Gasteiger partial charge is 0.327 e. The number of aromatic amines is 1.